The summed E-state index contributed by atoms with van der Waals surface area (Å²) < 4.78 is 19.8. The Labute approximate surface area is 254 Å². The lowest BCUT2D eigenvalue weighted by Crippen LogP contribution is -2.54. The molecule has 0 spiro atoms. The topological polar surface area (TPSA) is 32.8 Å². The van der Waals surface area contributed by atoms with Gasteiger partial charge in [-0.15, -0.1) is 0 Å². The first-order valence-corrected chi connectivity index (χ1v) is 15.5. The third kappa shape index (κ3) is 8.59. The molecule has 1 atom stereocenters. The number of benzene rings is 1. The zero-order valence-corrected chi connectivity index (χ0v) is 27.0. The van der Waals surface area contributed by atoms with E-state index in [2.05, 4.69) is 64.0 Å². The van der Waals surface area contributed by atoms with E-state index < -0.39 is 5.60 Å². The fraction of sp³-hybridized carbons (Fsp3) is 0.486. The molecule has 1 amide bonds. The van der Waals surface area contributed by atoms with Crippen molar-refractivity contribution in [3.63, 3.8) is 0 Å². The van der Waals surface area contributed by atoms with Crippen molar-refractivity contribution in [3.8, 4) is 0 Å². The normalized spacial score (nSPS) is 18.4. The number of amides is 1. The molecule has 1 aliphatic heterocycles. The van der Waals surface area contributed by atoms with Gasteiger partial charge in [0.1, 0.15) is 11.4 Å². The highest BCUT2D eigenvalue weighted by Gasteiger charge is 2.34. The summed E-state index contributed by atoms with van der Waals surface area (Å²) in [7, 11) is 0. The molecule has 0 N–H and O–H groups in total. The highest BCUT2D eigenvalue weighted by Crippen LogP contribution is 2.41. The molecule has 5 heteroatoms. The second-order valence-electron chi connectivity index (χ2n) is 12.6. The molecule has 0 unspecified atom stereocenters. The van der Waals surface area contributed by atoms with Gasteiger partial charge in [0, 0.05) is 36.9 Å². The van der Waals surface area contributed by atoms with Gasteiger partial charge in [0.25, 0.3) is 0 Å². The molecule has 42 heavy (non-hydrogen) atoms. The molecule has 0 radical (unpaired) electrons. The van der Waals surface area contributed by atoms with E-state index in [4.69, 9.17) is 4.74 Å². The van der Waals surface area contributed by atoms with Gasteiger partial charge in [0.05, 0.1) is 0 Å². The van der Waals surface area contributed by atoms with E-state index in [1.54, 1.807) is 12.1 Å². The lowest BCUT2D eigenvalue weighted by atomic mass is 9.83. The predicted octanol–water partition coefficient (Wildman–Crippen LogP) is 9.78. The zero-order valence-electron chi connectivity index (χ0n) is 27.0. The minimum absolute atomic E-state index is 0.0804. The van der Waals surface area contributed by atoms with Gasteiger partial charge in [-0.1, -0.05) is 63.3 Å². The van der Waals surface area contributed by atoms with Gasteiger partial charge < -0.3 is 14.5 Å². The van der Waals surface area contributed by atoms with Crippen molar-refractivity contribution in [1.82, 2.24) is 9.80 Å². The van der Waals surface area contributed by atoms with Gasteiger partial charge in [-0.25, -0.2) is 9.18 Å². The van der Waals surface area contributed by atoms with Crippen LogP contribution in [0, 0.1) is 5.82 Å². The van der Waals surface area contributed by atoms with E-state index in [9.17, 15) is 9.18 Å². The van der Waals surface area contributed by atoms with Crippen LogP contribution in [0.25, 0.3) is 5.57 Å². The number of carbonyl (C=O) groups is 1. The van der Waals surface area contributed by atoms with E-state index in [1.165, 1.54) is 34.9 Å². The third-order valence-electron chi connectivity index (χ3n) is 7.94. The lowest BCUT2D eigenvalue weighted by molar-refractivity contribution is 0.0103. The molecule has 0 bridgehead atoms. The number of allylic oxidation sites excluding steroid dienone is 9. The molecule has 1 saturated heterocycles. The van der Waals surface area contributed by atoms with Crippen LogP contribution < -0.4 is 0 Å². The fourth-order valence-electron chi connectivity index (χ4n) is 5.83. The zero-order chi connectivity index (χ0) is 31.0. The van der Waals surface area contributed by atoms with Crippen LogP contribution in [0.4, 0.5) is 9.18 Å². The maximum atomic E-state index is 14.1. The average Bonchev–Trinajstić information content (AvgIpc) is 3.06. The molecule has 228 valence electrons. The SMILES string of the molecule is C=C(CCCCC)/C(=C/C)C1=C(N2CCN(C(=O)OC(C)(C)C)C[C@@H]2C)C(C)=CCC=C1CC(=C)c1cccc(F)c1. The summed E-state index contributed by atoms with van der Waals surface area (Å²) in [5, 5.41) is 0. The van der Waals surface area contributed by atoms with Crippen LogP contribution in [0.5, 0.6) is 0 Å². The number of ether oxygens (including phenoxy) is 1. The summed E-state index contributed by atoms with van der Waals surface area (Å²) in [4.78, 5) is 17.2. The first-order chi connectivity index (χ1) is 19.9. The summed E-state index contributed by atoms with van der Waals surface area (Å²) in [6, 6.07) is 6.77. The van der Waals surface area contributed by atoms with E-state index in [0.717, 1.165) is 48.0 Å². The van der Waals surface area contributed by atoms with Crippen LogP contribution in [0.2, 0.25) is 0 Å². The Morgan fingerprint density at radius 1 is 1.17 bits per heavy atom. The van der Waals surface area contributed by atoms with Crippen molar-refractivity contribution < 1.29 is 13.9 Å². The molecular formula is C37H51FN2O2. The van der Waals surface area contributed by atoms with Gasteiger partial charge >= 0.3 is 6.09 Å². The van der Waals surface area contributed by atoms with Gasteiger partial charge in [-0.2, -0.15) is 0 Å². The predicted molar refractivity (Wildman–Crippen MR) is 175 cm³/mol. The molecule has 0 saturated carbocycles. The number of hydrogen-bond donors (Lipinski definition) is 0. The summed E-state index contributed by atoms with van der Waals surface area (Å²) >= 11 is 0. The summed E-state index contributed by atoms with van der Waals surface area (Å²) in [5.74, 6) is -0.257. The van der Waals surface area contributed by atoms with Crippen LogP contribution in [-0.2, 0) is 4.74 Å². The lowest BCUT2D eigenvalue weighted by Gasteiger charge is -2.44. The van der Waals surface area contributed by atoms with Crippen molar-refractivity contribution in [2.45, 2.75) is 98.6 Å². The van der Waals surface area contributed by atoms with Crippen LogP contribution in [0.1, 0.15) is 92.6 Å². The molecule has 2 aliphatic rings. The smallest absolute Gasteiger partial charge is 0.410 e. The molecule has 1 heterocycles. The highest BCUT2D eigenvalue weighted by atomic mass is 19.1. The van der Waals surface area contributed by atoms with Crippen LogP contribution >= 0.6 is 0 Å². The Hall–Kier alpha value is -3.34. The van der Waals surface area contributed by atoms with E-state index in [0.29, 0.717) is 26.1 Å². The number of carbonyl (C=O) groups excluding carboxylic acids is 1. The maximum absolute atomic E-state index is 14.1. The molecule has 1 aliphatic carbocycles. The molecule has 3 rings (SSSR count). The molecule has 1 fully saturated rings. The number of halogens is 1. The summed E-state index contributed by atoms with van der Waals surface area (Å²) in [5.41, 5.74) is 8.22. The molecule has 1 aromatic carbocycles. The quantitative estimate of drug-likeness (QED) is 0.206. The number of hydrogen-bond acceptors (Lipinski definition) is 3. The molecule has 1 aromatic rings. The van der Waals surface area contributed by atoms with Gasteiger partial charge in [0.15, 0.2) is 0 Å². The highest BCUT2D eigenvalue weighted by molar-refractivity contribution is 5.71. The molecular weight excluding hydrogens is 523 g/mol. The number of nitrogens with zero attached hydrogens (tertiary/aromatic N) is 2. The summed E-state index contributed by atoms with van der Waals surface area (Å²) in [6.07, 6.45) is 12.3. The maximum Gasteiger partial charge on any atom is 0.410 e. The Balaban J connectivity index is 2.06. The van der Waals surface area contributed by atoms with Gasteiger partial charge in [-0.05, 0) is 113 Å². The minimum Gasteiger partial charge on any atom is -0.444 e. The first kappa shape index (κ1) is 33.2. The Kier molecular flexibility index (Phi) is 11.6. The summed E-state index contributed by atoms with van der Waals surface area (Å²) in [6.45, 7) is 25.2. The van der Waals surface area contributed by atoms with Crippen LogP contribution in [-0.4, -0.2) is 47.2 Å². The number of piperazine rings is 1. The number of rotatable bonds is 10. The standard InChI is InChI=1S/C37H51FN2O2/c1-10-12-13-16-26(3)33(11-2)34-31(23-28(5)30-18-15-20-32(38)24-30)19-14-17-27(4)35(34)40-22-21-39(25-29(40)6)36(41)42-37(7,8)9/h11,15,17-20,24,29H,3,5,10,12-14,16,21-23,25H2,1-2,4,6-9H3/b33-11-/t29-/m0/s1. The molecule has 0 aromatic heterocycles. The van der Waals surface area contributed by atoms with E-state index in [-0.39, 0.29) is 18.0 Å². The third-order valence-corrected chi connectivity index (χ3v) is 7.94. The largest absolute Gasteiger partial charge is 0.444 e. The van der Waals surface area contributed by atoms with Crippen LogP contribution in [0.15, 0.2) is 89.2 Å². The van der Waals surface area contributed by atoms with Gasteiger partial charge in [0.2, 0.25) is 0 Å². The Morgan fingerprint density at radius 2 is 1.90 bits per heavy atom. The van der Waals surface area contributed by atoms with E-state index >= 15 is 0 Å². The first-order valence-electron chi connectivity index (χ1n) is 15.5. The van der Waals surface area contributed by atoms with Crippen molar-refractivity contribution in [1.29, 1.82) is 0 Å². The minimum atomic E-state index is -0.531. The van der Waals surface area contributed by atoms with E-state index in [1.807, 2.05) is 31.7 Å². The van der Waals surface area contributed by atoms with Crippen LogP contribution in [0.3, 0.4) is 0 Å². The van der Waals surface area contributed by atoms with Crippen molar-refractivity contribution in [2.75, 3.05) is 19.6 Å². The van der Waals surface area contributed by atoms with Crippen molar-refractivity contribution in [3.05, 3.63) is 101 Å². The average molecular weight is 575 g/mol. The molecule has 4 nitrogen and oxygen atoms in total. The second-order valence-corrected chi connectivity index (χ2v) is 12.6. The monoisotopic (exact) mass is 574 g/mol. The second kappa shape index (κ2) is 14.7. The van der Waals surface area contributed by atoms with Gasteiger partial charge in [-0.3, -0.25) is 0 Å². The fourth-order valence-corrected chi connectivity index (χ4v) is 5.83. The Bertz CT molecular complexity index is 1290. The van der Waals surface area contributed by atoms with Crippen molar-refractivity contribution >= 4 is 11.7 Å². The number of unbranched alkanes of at least 4 members (excludes halogenated alkanes) is 2. The van der Waals surface area contributed by atoms with Crippen molar-refractivity contribution in [2.24, 2.45) is 0 Å². The Morgan fingerprint density at radius 3 is 2.52 bits per heavy atom.